The lowest BCUT2D eigenvalue weighted by atomic mass is 9.83. The van der Waals surface area contributed by atoms with E-state index in [1.807, 2.05) is 0 Å². The zero-order valence-electron chi connectivity index (χ0n) is 12.5. The molecule has 1 N–H and O–H groups in total. The molecule has 1 saturated carbocycles. The van der Waals surface area contributed by atoms with Crippen molar-refractivity contribution in [3.05, 3.63) is 35.4 Å². The van der Waals surface area contributed by atoms with Crippen LogP contribution in [0.15, 0.2) is 24.3 Å². The van der Waals surface area contributed by atoms with E-state index in [0.717, 1.165) is 25.7 Å². The van der Waals surface area contributed by atoms with E-state index in [1.54, 1.807) is 0 Å². The fraction of sp³-hybridized carbons (Fsp3) is 0.611. The Morgan fingerprint density at radius 1 is 1.25 bits per heavy atom. The summed E-state index contributed by atoms with van der Waals surface area (Å²) in [6.45, 7) is 2.21. The van der Waals surface area contributed by atoms with Gasteiger partial charge in [0.1, 0.15) is 0 Å². The highest BCUT2D eigenvalue weighted by Crippen LogP contribution is 2.35. The van der Waals surface area contributed by atoms with Crippen molar-refractivity contribution < 1.29 is 4.79 Å². The molecule has 1 unspecified atom stereocenters. The molecule has 0 aliphatic heterocycles. The van der Waals surface area contributed by atoms with Crippen LogP contribution in [0.3, 0.4) is 0 Å². The highest BCUT2D eigenvalue weighted by molar-refractivity contribution is 5.78. The molecular formula is C18H25NO. The van der Waals surface area contributed by atoms with E-state index in [4.69, 9.17) is 0 Å². The van der Waals surface area contributed by atoms with Crippen LogP contribution in [0.4, 0.5) is 0 Å². The summed E-state index contributed by atoms with van der Waals surface area (Å²) < 4.78 is 0. The van der Waals surface area contributed by atoms with Crippen molar-refractivity contribution in [2.75, 3.05) is 0 Å². The maximum absolute atomic E-state index is 12.4. The van der Waals surface area contributed by atoms with Gasteiger partial charge in [-0.1, -0.05) is 43.5 Å². The lowest BCUT2D eigenvalue weighted by Crippen LogP contribution is -2.47. The van der Waals surface area contributed by atoms with E-state index in [2.05, 4.69) is 36.5 Å². The Labute approximate surface area is 122 Å². The van der Waals surface area contributed by atoms with Crippen LogP contribution in [0.1, 0.15) is 68.9 Å². The third-order valence-corrected chi connectivity index (χ3v) is 5.09. The SMILES string of the molecule is CC1(NC(=O)CC2CCc3ccccc32)CCCCC1. The largest absolute Gasteiger partial charge is 0.351 e. The van der Waals surface area contributed by atoms with Crippen molar-refractivity contribution in [3.63, 3.8) is 0 Å². The smallest absolute Gasteiger partial charge is 0.221 e. The Bertz CT molecular complexity index is 488. The van der Waals surface area contributed by atoms with Crippen LogP contribution in [-0.2, 0) is 11.2 Å². The lowest BCUT2D eigenvalue weighted by Gasteiger charge is -2.35. The quantitative estimate of drug-likeness (QED) is 0.886. The number of rotatable bonds is 3. The van der Waals surface area contributed by atoms with Gasteiger partial charge < -0.3 is 5.32 Å². The van der Waals surface area contributed by atoms with Gasteiger partial charge in [0.15, 0.2) is 0 Å². The van der Waals surface area contributed by atoms with Gasteiger partial charge in [0.2, 0.25) is 5.91 Å². The van der Waals surface area contributed by atoms with Crippen LogP contribution >= 0.6 is 0 Å². The van der Waals surface area contributed by atoms with Gasteiger partial charge in [-0.2, -0.15) is 0 Å². The molecular weight excluding hydrogens is 246 g/mol. The normalized spacial score (nSPS) is 24.1. The number of carbonyl (C=O) groups is 1. The summed E-state index contributed by atoms with van der Waals surface area (Å²) in [5, 5.41) is 3.31. The Kier molecular flexibility index (Phi) is 3.82. The van der Waals surface area contributed by atoms with Gasteiger partial charge in [0, 0.05) is 12.0 Å². The number of nitrogens with one attached hydrogen (secondary N) is 1. The summed E-state index contributed by atoms with van der Waals surface area (Å²) in [5.41, 5.74) is 2.89. The topological polar surface area (TPSA) is 29.1 Å². The van der Waals surface area contributed by atoms with Gasteiger partial charge in [0.25, 0.3) is 0 Å². The molecule has 2 aliphatic rings. The first kappa shape index (κ1) is 13.7. The van der Waals surface area contributed by atoms with Gasteiger partial charge in [-0.25, -0.2) is 0 Å². The molecule has 0 radical (unpaired) electrons. The molecule has 0 bridgehead atoms. The zero-order chi connectivity index (χ0) is 14.0. The Morgan fingerprint density at radius 3 is 2.80 bits per heavy atom. The highest BCUT2D eigenvalue weighted by Gasteiger charge is 2.30. The van der Waals surface area contributed by atoms with E-state index in [1.165, 1.54) is 30.4 Å². The molecule has 2 heteroatoms. The Hall–Kier alpha value is -1.31. The van der Waals surface area contributed by atoms with Crippen LogP contribution < -0.4 is 5.32 Å². The number of fused-ring (bicyclic) bond motifs is 1. The number of hydrogen-bond donors (Lipinski definition) is 1. The molecule has 108 valence electrons. The van der Waals surface area contributed by atoms with Gasteiger partial charge in [-0.05, 0) is 49.7 Å². The zero-order valence-corrected chi connectivity index (χ0v) is 12.5. The monoisotopic (exact) mass is 271 g/mol. The van der Waals surface area contributed by atoms with Crippen LogP contribution in [0.2, 0.25) is 0 Å². The molecule has 0 aromatic heterocycles. The van der Waals surface area contributed by atoms with Crippen molar-refractivity contribution in [1.29, 1.82) is 0 Å². The van der Waals surface area contributed by atoms with E-state index in [9.17, 15) is 4.79 Å². The maximum atomic E-state index is 12.4. The van der Waals surface area contributed by atoms with E-state index in [-0.39, 0.29) is 11.4 Å². The highest BCUT2D eigenvalue weighted by atomic mass is 16.1. The third kappa shape index (κ3) is 2.89. The molecule has 1 amide bonds. The molecule has 2 aliphatic carbocycles. The fourth-order valence-electron chi connectivity index (χ4n) is 3.93. The molecule has 1 fully saturated rings. The van der Waals surface area contributed by atoms with Gasteiger partial charge >= 0.3 is 0 Å². The minimum absolute atomic E-state index is 0.0491. The molecule has 20 heavy (non-hydrogen) atoms. The van der Waals surface area contributed by atoms with Gasteiger partial charge in [0.05, 0.1) is 0 Å². The van der Waals surface area contributed by atoms with Crippen molar-refractivity contribution in [1.82, 2.24) is 5.32 Å². The summed E-state index contributed by atoms with van der Waals surface area (Å²) in [5.74, 6) is 0.675. The summed E-state index contributed by atoms with van der Waals surface area (Å²) in [6, 6.07) is 8.60. The minimum atomic E-state index is 0.0491. The molecule has 1 aromatic carbocycles. The first-order valence-electron chi connectivity index (χ1n) is 8.05. The van der Waals surface area contributed by atoms with Crippen LogP contribution in [0.25, 0.3) is 0 Å². The summed E-state index contributed by atoms with van der Waals surface area (Å²) in [7, 11) is 0. The predicted octanol–water partition coefficient (Wildman–Crippen LogP) is 3.95. The predicted molar refractivity (Wildman–Crippen MR) is 81.8 cm³/mol. The molecule has 2 nitrogen and oxygen atoms in total. The molecule has 1 aromatic rings. The second-order valence-corrected chi connectivity index (χ2v) is 6.81. The molecule has 0 spiro atoms. The Morgan fingerprint density at radius 2 is 2.00 bits per heavy atom. The van der Waals surface area contributed by atoms with Crippen LogP contribution in [0, 0.1) is 0 Å². The molecule has 1 atom stereocenters. The number of amides is 1. The number of aryl methyl sites for hydroxylation is 1. The standard InChI is InChI=1S/C18H25NO/c1-18(11-5-2-6-12-18)19-17(20)13-15-10-9-14-7-3-4-8-16(14)15/h3-4,7-8,15H,2,5-6,9-13H2,1H3,(H,19,20). The molecule has 0 saturated heterocycles. The summed E-state index contributed by atoms with van der Waals surface area (Å²) in [6.07, 6.45) is 9.02. The van der Waals surface area contributed by atoms with E-state index >= 15 is 0 Å². The van der Waals surface area contributed by atoms with Crippen LogP contribution in [-0.4, -0.2) is 11.4 Å². The first-order valence-corrected chi connectivity index (χ1v) is 8.05. The van der Waals surface area contributed by atoms with Crippen molar-refractivity contribution in [2.24, 2.45) is 0 Å². The van der Waals surface area contributed by atoms with Crippen molar-refractivity contribution in [3.8, 4) is 0 Å². The fourth-order valence-corrected chi connectivity index (χ4v) is 3.93. The second-order valence-electron chi connectivity index (χ2n) is 6.81. The molecule has 3 rings (SSSR count). The van der Waals surface area contributed by atoms with Gasteiger partial charge in [-0.3, -0.25) is 4.79 Å². The lowest BCUT2D eigenvalue weighted by molar-refractivity contribution is -0.123. The van der Waals surface area contributed by atoms with Gasteiger partial charge in [-0.15, -0.1) is 0 Å². The average molecular weight is 271 g/mol. The summed E-state index contributed by atoms with van der Waals surface area (Å²) >= 11 is 0. The number of benzene rings is 1. The third-order valence-electron chi connectivity index (χ3n) is 5.09. The Balaban J connectivity index is 1.60. The van der Waals surface area contributed by atoms with Crippen LogP contribution in [0.5, 0.6) is 0 Å². The van der Waals surface area contributed by atoms with E-state index < -0.39 is 0 Å². The maximum Gasteiger partial charge on any atom is 0.221 e. The average Bonchev–Trinajstić information content (AvgIpc) is 2.82. The summed E-state index contributed by atoms with van der Waals surface area (Å²) in [4.78, 5) is 12.4. The van der Waals surface area contributed by atoms with Crippen molar-refractivity contribution in [2.45, 2.75) is 69.7 Å². The first-order chi connectivity index (χ1) is 9.66. The second kappa shape index (κ2) is 5.59. The number of hydrogen-bond acceptors (Lipinski definition) is 1. The molecule has 0 heterocycles. The van der Waals surface area contributed by atoms with Crippen molar-refractivity contribution >= 4 is 5.91 Å². The minimum Gasteiger partial charge on any atom is -0.351 e. The van der Waals surface area contributed by atoms with E-state index in [0.29, 0.717) is 12.3 Å². The number of carbonyl (C=O) groups excluding carboxylic acids is 1.